The average molecular weight is 515 g/mol. The SMILES string of the molecule is FC(F)(F)c1ncc2c(c1C(F)(F)F)c1cccc3c4c(C(F)(F)F)c(C(F)(F)F)ncc4n2c13. The molecule has 5 aromatic rings. The second kappa shape index (κ2) is 6.57. The van der Waals surface area contributed by atoms with Gasteiger partial charge in [0, 0.05) is 21.5 Å². The van der Waals surface area contributed by atoms with Crippen LogP contribution in [-0.4, -0.2) is 14.4 Å². The number of pyridine rings is 2. The lowest BCUT2D eigenvalue weighted by Gasteiger charge is -2.17. The van der Waals surface area contributed by atoms with Gasteiger partial charge in [0.2, 0.25) is 0 Å². The predicted octanol–water partition coefficient (Wildman–Crippen LogP) is 7.70. The molecule has 1 aromatic carbocycles. The van der Waals surface area contributed by atoms with E-state index in [0.717, 1.165) is 18.2 Å². The standard InChI is InChI=1S/C20H5F12N3/c21-17(22,23)12-10-6-2-1-3-7-11-9(5-34-16(20(30,31)32)13(11)18(24,25)26)35(14(6)7)8(10)4-33-15(12)19(27,28)29/h1-5H. The fourth-order valence-corrected chi connectivity index (χ4v) is 4.43. The van der Waals surface area contributed by atoms with Gasteiger partial charge >= 0.3 is 24.7 Å². The predicted molar refractivity (Wildman–Crippen MR) is 96.7 cm³/mol. The fraction of sp³-hybridized carbons (Fsp3) is 0.200. The minimum Gasteiger partial charge on any atom is -0.305 e. The Morgan fingerprint density at radius 3 is 1.23 bits per heavy atom. The molecule has 0 saturated heterocycles. The third kappa shape index (κ3) is 3.16. The summed E-state index contributed by atoms with van der Waals surface area (Å²) in [4.78, 5) is 5.77. The van der Waals surface area contributed by atoms with E-state index in [-0.39, 0.29) is 0 Å². The Labute approximate surface area is 183 Å². The third-order valence-corrected chi connectivity index (χ3v) is 5.50. The molecule has 0 aliphatic heterocycles. The van der Waals surface area contributed by atoms with Gasteiger partial charge in [-0.15, -0.1) is 0 Å². The van der Waals surface area contributed by atoms with E-state index in [9.17, 15) is 52.7 Å². The molecule has 0 aliphatic carbocycles. The molecule has 0 radical (unpaired) electrons. The average Bonchev–Trinajstić information content (AvgIpc) is 3.21. The third-order valence-electron chi connectivity index (χ3n) is 5.50. The number of hydrogen-bond acceptors (Lipinski definition) is 2. The van der Waals surface area contributed by atoms with Crippen molar-refractivity contribution in [2.24, 2.45) is 0 Å². The summed E-state index contributed by atoms with van der Waals surface area (Å²) in [5, 5.41) is -3.10. The Balaban J connectivity index is 2.10. The minimum absolute atomic E-state index is 0.386. The highest BCUT2D eigenvalue weighted by Gasteiger charge is 2.49. The Bertz CT molecular complexity index is 1520. The van der Waals surface area contributed by atoms with E-state index in [1.54, 1.807) is 0 Å². The van der Waals surface area contributed by atoms with E-state index in [1.165, 1.54) is 0 Å². The van der Waals surface area contributed by atoms with Gasteiger partial charge in [0.05, 0.1) is 40.1 Å². The van der Waals surface area contributed by atoms with Crippen molar-refractivity contribution in [2.45, 2.75) is 24.7 Å². The van der Waals surface area contributed by atoms with Crippen LogP contribution in [0.5, 0.6) is 0 Å². The van der Waals surface area contributed by atoms with Crippen LogP contribution in [0, 0.1) is 0 Å². The largest absolute Gasteiger partial charge is 0.433 e. The van der Waals surface area contributed by atoms with E-state index < -0.39 is 85.3 Å². The zero-order valence-corrected chi connectivity index (χ0v) is 16.3. The van der Waals surface area contributed by atoms with Crippen molar-refractivity contribution in [1.82, 2.24) is 14.4 Å². The van der Waals surface area contributed by atoms with Crippen molar-refractivity contribution < 1.29 is 52.7 Å². The molecule has 35 heavy (non-hydrogen) atoms. The van der Waals surface area contributed by atoms with Crippen LogP contribution in [0.3, 0.4) is 0 Å². The summed E-state index contributed by atoms with van der Waals surface area (Å²) in [5.74, 6) is 0. The molecule has 0 fully saturated rings. The lowest BCUT2D eigenvalue weighted by atomic mass is 10.0. The molecule has 0 spiro atoms. The van der Waals surface area contributed by atoms with Crippen LogP contribution in [0.2, 0.25) is 0 Å². The highest BCUT2D eigenvalue weighted by atomic mass is 19.4. The molecule has 0 saturated carbocycles. The van der Waals surface area contributed by atoms with Crippen molar-refractivity contribution in [3.05, 3.63) is 53.1 Å². The molecule has 0 N–H and O–H groups in total. The highest BCUT2D eigenvalue weighted by Crippen LogP contribution is 2.50. The second-order valence-corrected chi connectivity index (χ2v) is 7.51. The molecular weight excluding hydrogens is 510 g/mol. The van der Waals surface area contributed by atoms with Crippen molar-refractivity contribution in [3.8, 4) is 0 Å². The van der Waals surface area contributed by atoms with E-state index in [1.807, 2.05) is 0 Å². The van der Waals surface area contributed by atoms with Crippen LogP contribution in [-0.2, 0) is 24.7 Å². The maximum absolute atomic E-state index is 13.8. The number of halogens is 12. The van der Waals surface area contributed by atoms with Gasteiger partial charge in [-0.1, -0.05) is 18.2 Å². The first-order valence-corrected chi connectivity index (χ1v) is 9.22. The summed E-state index contributed by atoms with van der Waals surface area (Å²) < 4.78 is 164. The Morgan fingerprint density at radius 2 is 0.914 bits per heavy atom. The summed E-state index contributed by atoms with van der Waals surface area (Å²) in [7, 11) is 0. The van der Waals surface area contributed by atoms with Crippen LogP contribution in [0.1, 0.15) is 22.5 Å². The normalized spacial score (nSPS) is 14.3. The van der Waals surface area contributed by atoms with E-state index >= 15 is 0 Å². The van der Waals surface area contributed by atoms with Gasteiger partial charge in [0.15, 0.2) is 11.4 Å². The maximum Gasteiger partial charge on any atom is 0.433 e. The molecule has 0 bridgehead atoms. The molecule has 15 heteroatoms. The first-order valence-electron chi connectivity index (χ1n) is 9.22. The van der Waals surface area contributed by atoms with Crippen molar-refractivity contribution in [2.75, 3.05) is 0 Å². The number of fused-ring (bicyclic) bond motifs is 6. The number of benzene rings is 1. The summed E-state index contributed by atoms with van der Waals surface area (Å²) in [6.07, 6.45) is -21.4. The van der Waals surface area contributed by atoms with Gasteiger partial charge in [-0.2, -0.15) is 52.7 Å². The van der Waals surface area contributed by atoms with Gasteiger partial charge < -0.3 is 4.40 Å². The zero-order chi connectivity index (χ0) is 25.9. The molecule has 4 aromatic heterocycles. The van der Waals surface area contributed by atoms with Gasteiger partial charge in [-0.25, -0.2) is 9.97 Å². The summed E-state index contributed by atoms with van der Waals surface area (Å²) in [6.45, 7) is 0. The number of hydrogen-bond donors (Lipinski definition) is 0. The van der Waals surface area contributed by atoms with Gasteiger partial charge in [0.25, 0.3) is 0 Å². The molecular formula is C20H5F12N3. The molecule has 0 unspecified atom stereocenters. The zero-order valence-electron chi connectivity index (χ0n) is 16.3. The van der Waals surface area contributed by atoms with Crippen LogP contribution in [0.15, 0.2) is 30.6 Å². The molecule has 5 rings (SSSR count). The summed E-state index contributed by atoms with van der Waals surface area (Å²) in [5.41, 5.74) is -10.6. The van der Waals surface area contributed by atoms with Crippen molar-refractivity contribution >= 4 is 38.1 Å². The number of rotatable bonds is 0. The molecule has 0 aliphatic rings. The lowest BCUT2D eigenvalue weighted by Crippen LogP contribution is -2.19. The smallest absolute Gasteiger partial charge is 0.305 e. The molecule has 4 heterocycles. The van der Waals surface area contributed by atoms with E-state index in [2.05, 4.69) is 9.97 Å². The lowest BCUT2D eigenvalue weighted by molar-refractivity contribution is -0.163. The van der Waals surface area contributed by atoms with Gasteiger partial charge in [-0.05, 0) is 0 Å². The quantitative estimate of drug-likeness (QED) is 0.198. The maximum atomic E-state index is 13.8. The first-order chi connectivity index (χ1) is 15.9. The number of alkyl halides is 12. The second-order valence-electron chi connectivity index (χ2n) is 7.51. The number of para-hydroxylation sites is 1. The summed E-state index contributed by atoms with van der Waals surface area (Å²) >= 11 is 0. The Kier molecular flexibility index (Phi) is 4.36. The van der Waals surface area contributed by atoms with Crippen molar-refractivity contribution in [1.29, 1.82) is 0 Å². The summed E-state index contributed by atoms with van der Waals surface area (Å²) in [6, 6.07) is 2.81. The van der Waals surface area contributed by atoms with E-state index in [0.29, 0.717) is 16.8 Å². The Hall–Kier alpha value is -3.52. The van der Waals surface area contributed by atoms with E-state index in [4.69, 9.17) is 0 Å². The van der Waals surface area contributed by atoms with Crippen LogP contribution in [0.4, 0.5) is 52.7 Å². The topological polar surface area (TPSA) is 30.2 Å². The number of nitrogens with zero attached hydrogens (tertiary/aromatic N) is 3. The Morgan fingerprint density at radius 1 is 0.543 bits per heavy atom. The molecule has 0 atom stereocenters. The van der Waals surface area contributed by atoms with Crippen LogP contribution >= 0.6 is 0 Å². The number of aromatic nitrogens is 3. The fourth-order valence-electron chi connectivity index (χ4n) is 4.43. The highest BCUT2D eigenvalue weighted by molar-refractivity contribution is 6.24. The van der Waals surface area contributed by atoms with Crippen LogP contribution < -0.4 is 0 Å². The van der Waals surface area contributed by atoms with Crippen LogP contribution in [0.25, 0.3) is 38.1 Å². The first kappa shape index (κ1) is 23.2. The molecule has 184 valence electrons. The monoisotopic (exact) mass is 515 g/mol. The molecule has 0 amide bonds. The van der Waals surface area contributed by atoms with Gasteiger partial charge in [0.1, 0.15) is 0 Å². The minimum atomic E-state index is -5.58. The van der Waals surface area contributed by atoms with Gasteiger partial charge in [-0.3, -0.25) is 0 Å². The van der Waals surface area contributed by atoms with Crippen molar-refractivity contribution in [3.63, 3.8) is 0 Å². The molecule has 3 nitrogen and oxygen atoms in total.